The van der Waals surface area contributed by atoms with Crippen LogP contribution in [0.2, 0.25) is 0 Å². The third-order valence-electron chi connectivity index (χ3n) is 4.83. The summed E-state index contributed by atoms with van der Waals surface area (Å²) in [5, 5.41) is 5.64. The summed E-state index contributed by atoms with van der Waals surface area (Å²) in [5.74, 6) is 0. The molecule has 0 bridgehead atoms. The molecule has 4 aromatic carbocycles. The van der Waals surface area contributed by atoms with Crippen LogP contribution in [0.3, 0.4) is 0 Å². The van der Waals surface area contributed by atoms with Crippen molar-refractivity contribution in [1.29, 1.82) is 0 Å². The van der Waals surface area contributed by atoms with Crippen molar-refractivity contribution in [3.63, 3.8) is 0 Å². The van der Waals surface area contributed by atoms with Gasteiger partial charge in [0, 0.05) is 16.5 Å². The Kier molecular flexibility index (Phi) is 3.72. The van der Waals surface area contributed by atoms with Crippen LogP contribution in [0.4, 0.5) is 11.4 Å². The summed E-state index contributed by atoms with van der Waals surface area (Å²) in [6, 6.07) is 30.5. The highest BCUT2D eigenvalue weighted by atomic mass is 16.3. The zero-order valence-electron chi connectivity index (χ0n) is 14.6. The fourth-order valence-corrected chi connectivity index (χ4v) is 3.48. The first kappa shape index (κ1) is 15.8. The number of nitrogens with one attached hydrogen (secondary N) is 1. The second-order valence-corrected chi connectivity index (χ2v) is 6.57. The fraction of sp³-hybridized carbons (Fsp3) is 0. The van der Waals surface area contributed by atoms with E-state index in [0.29, 0.717) is 5.46 Å². The fourth-order valence-electron chi connectivity index (χ4n) is 3.48. The number of hydrogen-bond donors (Lipinski definition) is 1. The van der Waals surface area contributed by atoms with E-state index in [4.69, 9.17) is 12.3 Å². The topological polar surface area (TPSA) is 25.2 Å². The Balaban J connectivity index is 1.56. The van der Waals surface area contributed by atoms with Gasteiger partial charge >= 0.3 is 0 Å². The average molecular weight is 345 g/mol. The van der Waals surface area contributed by atoms with Crippen LogP contribution in [0.25, 0.3) is 33.1 Å². The number of rotatable bonds is 3. The molecular weight excluding hydrogens is 329 g/mol. The summed E-state index contributed by atoms with van der Waals surface area (Å²) < 4.78 is 6.09. The van der Waals surface area contributed by atoms with Crippen molar-refractivity contribution >= 4 is 46.6 Å². The second-order valence-electron chi connectivity index (χ2n) is 6.57. The van der Waals surface area contributed by atoms with Crippen LogP contribution in [-0.2, 0) is 0 Å². The molecule has 3 heteroatoms. The van der Waals surface area contributed by atoms with Gasteiger partial charge in [-0.05, 0) is 29.3 Å². The molecule has 1 heterocycles. The standard InChI is InChI=1S/C24H16BNO/c25-20-15-17(16-7-2-1-3-8-16)13-14-21(20)26-22-11-6-10-19-18-9-4-5-12-23(18)27-24(19)22/h1-15,26H. The summed E-state index contributed by atoms with van der Waals surface area (Å²) >= 11 is 0. The zero-order valence-corrected chi connectivity index (χ0v) is 14.6. The van der Waals surface area contributed by atoms with Crippen molar-refractivity contribution < 1.29 is 4.42 Å². The van der Waals surface area contributed by atoms with Gasteiger partial charge in [-0.15, -0.1) is 0 Å². The van der Waals surface area contributed by atoms with Crippen LogP contribution in [0.5, 0.6) is 0 Å². The van der Waals surface area contributed by atoms with E-state index in [9.17, 15) is 0 Å². The number of fused-ring (bicyclic) bond motifs is 3. The summed E-state index contributed by atoms with van der Waals surface area (Å²) in [5.41, 5.74) is 6.44. The first-order valence-electron chi connectivity index (χ1n) is 8.92. The molecule has 2 radical (unpaired) electrons. The Morgan fingerprint density at radius 2 is 1.41 bits per heavy atom. The van der Waals surface area contributed by atoms with E-state index in [-0.39, 0.29) is 0 Å². The van der Waals surface area contributed by atoms with E-state index >= 15 is 0 Å². The summed E-state index contributed by atoms with van der Waals surface area (Å²) in [4.78, 5) is 0. The lowest BCUT2D eigenvalue weighted by Crippen LogP contribution is -2.09. The van der Waals surface area contributed by atoms with Crippen LogP contribution in [-0.4, -0.2) is 7.85 Å². The highest BCUT2D eigenvalue weighted by molar-refractivity contribution is 6.36. The largest absolute Gasteiger partial charge is 0.454 e. The van der Waals surface area contributed by atoms with Crippen molar-refractivity contribution in [2.75, 3.05) is 5.32 Å². The summed E-state index contributed by atoms with van der Waals surface area (Å²) in [6.07, 6.45) is 0. The Labute approximate surface area is 158 Å². The SMILES string of the molecule is [B]c1cc(-c2ccccc2)ccc1Nc1cccc2c1oc1ccccc12. The molecule has 5 rings (SSSR count). The summed E-state index contributed by atoms with van der Waals surface area (Å²) in [6.45, 7) is 0. The molecule has 0 spiro atoms. The predicted molar refractivity (Wildman–Crippen MR) is 114 cm³/mol. The minimum Gasteiger partial charge on any atom is -0.454 e. The maximum atomic E-state index is 6.33. The Bertz CT molecular complexity index is 1260. The first-order chi connectivity index (χ1) is 13.3. The first-order valence-corrected chi connectivity index (χ1v) is 8.92. The van der Waals surface area contributed by atoms with Crippen LogP contribution in [0, 0.1) is 0 Å². The van der Waals surface area contributed by atoms with E-state index in [1.54, 1.807) is 0 Å². The molecule has 126 valence electrons. The lowest BCUT2D eigenvalue weighted by atomic mass is 9.90. The molecule has 0 aliphatic heterocycles. The quantitative estimate of drug-likeness (QED) is 0.419. The van der Waals surface area contributed by atoms with E-state index in [0.717, 1.165) is 44.4 Å². The highest BCUT2D eigenvalue weighted by Crippen LogP contribution is 2.34. The van der Waals surface area contributed by atoms with E-state index in [2.05, 4.69) is 35.6 Å². The molecule has 1 N–H and O–H groups in total. The monoisotopic (exact) mass is 345 g/mol. The van der Waals surface area contributed by atoms with Crippen LogP contribution >= 0.6 is 0 Å². The molecule has 0 aliphatic rings. The van der Waals surface area contributed by atoms with Crippen LogP contribution in [0.15, 0.2) is 95.4 Å². The third-order valence-corrected chi connectivity index (χ3v) is 4.83. The van der Waals surface area contributed by atoms with E-state index in [1.165, 1.54) is 0 Å². The van der Waals surface area contributed by atoms with Gasteiger partial charge in [0.05, 0.1) is 5.69 Å². The maximum absolute atomic E-state index is 6.33. The number of anilines is 2. The number of benzene rings is 4. The minimum absolute atomic E-state index is 0.699. The molecule has 0 aliphatic carbocycles. The lowest BCUT2D eigenvalue weighted by Gasteiger charge is -2.12. The van der Waals surface area contributed by atoms with Gasteiger partial charge in [-0.2, -0.15) is 0 Å². The Morgan fingerprint density at radius 3 is 2.26 bits per heavy atom. The lowest BCUT2D eigenvalue weighted by molar-refractivity contribution is 0.670. The van der Waals surface area contributed by atoms with Crippen LogP contribution < -0.4 is 10.8 Å². The van der Waals surface area contributed by atoms with Crippen LogP contribution in [0.1, 0.15) is 0 Å². The average Bonchev–Trinajstić information content (AvgIpc) is 3.10. The smallest absolute Gasteiger partial charge is 0.158 e. The van der Waals surface area contributed by atoms with Gasteiger partial charge in [-0.25, -0.2) is 0 Å². The second kappa shape index (κ2) is 6.37. The van der Waals surface area contributed by atoms with Gasteiger partial charge in [0.25, 0.3) is 0 Å². The maximum Gasteiger partial charge on any atom is 0.158 e. The van der Waals surface area contributed by atoms with Crippen molar-refractivity contribution in [2.45, 2.75) is 0 Å². The molecule has 0 saturated carbocycles. The molecule has 2 nitrogen and oxygen atoms in total. The molecule has 1 aromatic heterocycles. The van der Waals surface area contributed by atoms with Crippen molar-refractivity contribution in [3.8, 4) is 11.1 Å². The minimum atomic E-state index is 0.699. The van der Waals surface area contributed by atoms with Gasteiger partial charge in [0.15, 0.2) is 5.58 Å². The van der Waals surface area contributed by atoms with Gasteiger partial charge < -0.3 is 9.73 Å². The van der Waals surface area contributed by atoms with Crippen molar-refractivity contribution in [1.82, 2.24) is 0 Å². The highest BCUT2D eigenvalue weighted by Gasteiger charge is 2.11. The molecular formula is C24H16BNO. The third kappa shape index (κ3) is 2.78. The van der Waals surface area contributed by atoms with Gasteiger partial charge in [-0.3, -0.25) is 0 Å². The molecule has 0 atom stereocenters. The molecule has 0 amide bonds. The Hall–Kier alpha value is -3.46. The predicted octanol–water partition coefficient (Wildman–Crippen LogP) is 5.79. The Morgan fingerprint density at radius 1 is 0.630 bits per heavy atom. The number of hydrogen-bond acceptors (Lipinski definition) is 2. The van der Waals surface area contributed by atoms with Gasteiger partial charge in [-0.1, -0.05) is 78.3 Å². The zero-order chi connectivity index (χ0) is 18.2. The summed E-state index contributed by atoms with van der Waals surface area (Å²) in [7, 11) is 6.33. The van der Waals surface area contributed by atoms with Crippen molar-refractivity contribution in [2.24, 2.45) is 0 Å². The molecule has 0 unspecified atom stereocenters. The van der Waals surface area contributed by atoms with Gasteiger partial charge in [0.2, 0.25) is 0 Å². The van der Waals surface area contributed by atoms with E-state index in [1.807, 2.05) is 60.7 Å². The number of furan rings is 1. The molecule has 27 heavy (non-hydrogen) atoms. The van der Waals surface area contributed by atoms with E-state index < -0.39 is 0 Å². The van der Waals surface area contributed by atoms with Gasteiger partial charge in [0.1, 0.15) is 13.4 Å². The molecule has 0 fully saturated rings. The van der Waals surface area contributed by atoms with Crippen molar-refractivity contribution in [3.05, 3.63) is 91.0 Å². The molecule has 0 saturated heterocycles. The molecule has 5 aromatic rings. The number of para-hydroxylation sites is 2. The normalized spacial score (nSPS) is 11.1.